The van der Waals surface area contributed by atoms with E-state index in [1.807, 2.05) is 0 Å². The number of ketones is 1. The second-order valence-electron chi connectivity index (χ2n) is 2.41. The average molecular weight is 198 g/mol. The summed E-state index contributed by atoms with van der Waals surface area (Å²) in [6.07, 6.45) is -9.27. The molecule has 0 fully saturated rings. The van der Waals surface area contributed by atoms with Gasteiger partial charge in [0.1, 0.15) is 18.3 Å². The molecule has 0 aliphatic rings. The zero-order valence-corrected chi connectivity index (χ0v) is 6.54. The van der Waals surface area contributed by atoms with Gasteiger partial charge in [0.05, 0.1) is 6.61 Å². The Morgan fingerprint density at radius 2 is 1.69 bits per heavy atom. The molecule has 6 nitrogen and oxygen atoms in total. The monoisotopic (exact) mass is 198 g/mol. The summed E-state index contributed by atoms with van der Waals surface area (Å²) >= 11 is 0. The summed E-state index contributed by atoms with van der Waals surface area (Å²) in [6, 6.07) is 0. The van der Waals surface area contributed by atoms with Gasteiger partial charge in [-0.15, -0.1) is 0 Å². The second kappa shape index (κ2) is 5.20. The van der Waals surface area contributed by atoms with Crippen LogP contribution in [0.25, 0.3) is 0 Å². The van der Waals surface area contributed by atoms with Gasteiger partial charge in [-0.05, 0) is 0 Å². The van der Waals surface area contributed by atoms with E-state index in [-0.39, 0.29) is 0 Å². The van der Waals surface area contributed by atoms with Crippen molar-refractivity contribution in [1.29, 1.82) is 0 Å². The number of aliphatic hydroxyl groups is 5. The highest BCUT2D eigenvalue weighted by atomic mass is 19.1. The molecule has 0 bridgehead atoms. The van der Waals surface area contributed by atoms with Crippen molar-refractivity contribution in [3.63, 3.8) is 0 Å². The molecule has 0 spiro atoms. The molecule has 5 N–H and O–H groups in total. The van der Waals surface area contributed by atoms with Crippen LogP contribution in [0, 0.1) is 0 Å². The summed E-state index contributed by atoms with van der Waals surface area (Å²) in [5.74, 6) is -1.35. The summed E-state index contributed by atoms with van der Waals surface area (Å²) < 4.78 is 11.9. The molecule has 0 radical (unpaired) electrons. The Morgan fingerprint density at radius 1 is 1.23 bits per heavy atom. The van der Waals surface area contributed by atoms with E-state index in [0.29, 0.717) is 0 Å². The number of carbonyl (C=O) groups is 1. The first-order valence-corrected chi connectivity index (χ1v) is 3.42. The molecule has 0 amide bonds. The van der Waals surface area contributed by atoms with Crippen LogP contribution in [0.4, 0.5) is 4.39 Å². The lowest BCUT2D eigenvalue weighted by Gasteiger charge is -2.18. The number of carbonyl (C=O) groups excluding carboxylic acids is 1. The molecule has 0 aliphatic carbocycles. The Labute approximate surface area is 72.9 Å². The smallest absolute Gasteiger partial charge is 0.225 e. The fraction of sp³-hybridized carbons (Fsp3) is 0.833. The van der Waals surface area contributed by atoms with Gasteiger partial charge < -0.3 is 25.5 Å². The van der Waals surface area contributed by atoms with E-state index in [2.05, 4.69) is 0 Å². The Hall–Kier alpha value is -0.600. The van der Waals surface area contributed by atoms with Crippen LogP contribution in [-0.4, -0.2) is 62.6 Å². The molecule has 0 aromatic rings. The van der Waals surface area contributed by atoms with Gasteiger partial charge in [0.25, 0.3) is 0 Å². The number of hydrogen-bond acceptors (Lipinski definition) is 6. The minimum atomic E-state index is -2.79. The normalized spacial score (nSPS) is 20.5. The maximum Gasteiger partial charge on any atom is 0.225 e. The summed E-state index contributed by atoms with van der Waals surface area (Å²) in [4.78, 5) is 10.7. The molecule has 0 saturated heterocycles. The van der Waals surface area contributed by atoms with E-state index in [1.165, 1.54) is 0 Å². The number of aliphatic hydroxyl groups excluding tert-OH is 5. The van der Waals surface area contributed by atoms with Crippen molar-refractivity contribution in [2.45, 2.75) is 24.7 Å². The third kappa shape index (κ3) is 3.33. The van der Waals surface area contributed by atoms with Gasteiger partial charge in [-0.25, -0.2) is 4.39 Å². The zero-order chi connectivity index (χ0) is 10.6. The van der Waals surface area contributed by atoms with Crippen molar-refractivity contribution in [2.24, 2.45) is 0 Å². The lowest BCUT2D eigenvalue weighted by Crippen LogP contribution is -2.45. The van der Waals surface area contributed by atoms with Crippen molar-refractivity contribution < 1.29 is 34.7 Å². The van der Waals surface area contributed by atoms with Crippen LogP contribution in [0.2, 0.25) is 0 Å². The molecular formula is C6H11FO6. The first-order chi connectivity index (χ1) is 5.91. The van der Waals surface area contributed by atoms with Crippen molar-refractivity contribution in [3.05, 3.63) is 0 Å². The molecule has 4 atom stereocenters. The Balaban J connectivity index is 4.25. The van der Waals surface area contributed by atoms with E-state index in [0.717, 1.165) is 0 Å². The van der Waals surface area contributed by atoms with Crippen LogP contribution >= 0.6 is 0 Å². The first kappa shape index (κ1) is 12.4. The van der Waals surface area contributed by atoms with E-state index >= 15 is 0 Å². The fourth-order valence-electron chi connectivity index (χ4n) is 0.606. The first-order valence-electron chi connectivity index (χ1n) is 3.42. The van der Waals surface area contributed by atoms with E-state index in [1.54, 1.807) is 0 Å². The lowest BCUT2D eigenvalue weighted by atomic mass is 10.1. The van der Waals surface area contributed by atoms with Crippen molar-refractivity contribution in [3.8, 4) is 0 Å². The summed E-state index contributed by atoms with van der Waals surface area (Å²) in [5, 5.41) is 42.4. The standard InChI is InChI=1S/C6H11FO6/c7-6(13)5(12)4(11)3(10)2(9)1-8/h2,4-6,8-9,11-13H,1H2/t2-,4-,5+,6?/m1/s1. The Kier molecular flexibility index (Phi) is 4.96. The molecule has 0 rings (SSSR count). The highest BCUT2D eigenvalue weighted by Crippen LogP contribution is 2.04. The lowest BCUT2D eigenvalue weighted by molar-refractivity contribution is -0.157. The Bertz CT molecular complexity index is 173. The fourth-order valence-corrected chi connectivity index (χ4v) is 0.606. The van der Waals surface area contributed by atoms with Crippen LogP contribution in [0.5, 0.6) is 0 Å². The largest absolute Gasteiger partial charge is 0.393 e. The van der Waals surface area contributed by atoms with Crippen molar-refractivity contribution in [1.82, 2.24) is 0 Å². The van der Waals surface area contributed by atoms with E-state index < -0.39 is 37.1 Å². The summed E-state index contributed by atoms with van der Waals surface area (Å²) in [5.41, 5.74) is 0. The maximum absolute atomic E-state index is 11.9. The van der Waals surface area contributed by atoms with Gasteiger partial charge in [-0.3, -0.25) is 4.79 Å². The molecule has 1 unspecified atom stereocenters. The molecule has 0 aliphatic heterocycles. The number of alkyl halides is 1. The quantitative estimate of drug-likeness (QED) is 0.319. The maximum atomic E-state index is 11.9. The van der Waals surface area contributed by atoms with Gasteiger partial charge in [0.15, 0.2) is 5.78 Å². The molecule has 7 heteroatoms. The molecule has 78 valence electrons. The van der Waals surface area contributed by atoms with E-state index in [9.17, 15) is 9.18 Å². The Morgan fingerprint density at radius 3 is 2.00 bits per heavy atom. The topological polar surface area (TPSA) is 118 Å². The van der Waals surface area contributed by atoms with Crippen molar-refractivity contribution >= 4 is 5.78 Å². The van der Waals surface area contributed by atoms with Crippen LogP contribution in [0.1, 0.15) is 0 Å². The van der Waals surface area contributed by atoms with Gasteiger partial charge in [0, 0.05) is 0 Å². The van der Waals surface area contributed by atoms with Crippen LogP contribution in [0.3, 0.4) is 0 Å². The van der Waals surface area contributed by atoms with Crippen LogP contribution in [-0.2, 0) is 4.79 Å². The molecule has 0 aromatic heterocycles. The molecule has 0 aromatic carbocycles. The van der Waals surface area contributed by atoms with Gasteiger partial charge in [-0.1, -0.05) is 0 Å². The number of halogens is 1. The highest BCUT2D eigenvalue weighted by molar-refractivity contribution is 5.87. The second-order valence-corrected chi connectivity index (χ2v) is 2.41. The predicted molar refractivity (Wildman–Crippen MR) is 37.2 cm³/mol. The van der Waals surface area contributed by atoms with Crippen LogP contribution < -0.4 is 0 Å². The summed E-state index contributed by atoms with van der Waals surface area (Å²) in [7, 11) is 0. The van der Waals surface area contributed by atoms with Crippen LogP contribution in [0.15, 0.2) is 0 Å². The minimum absolute atomic E-state index is 0.953. The van der Waals surface area contributed by atoms with Crippen molar-refractivity contribution in [2.75, 3.05) is 6.61 Å². The van der Waals surface area contributed by atoms with Gasteiger partial charge in [-0.2, -0.15) is 0 Å². The number of Topliss-reactive ketones (excluding diaryl/α,β-unsaturated/α-hetero) is 1. The average Bonchev–Trinajstić information content (AvgIpc) is 2.12. The molecule has 13 heavy (non-hydrogen) atoms. The minimum Gasteiger partial charge on any atom is -0.393 e. The molecular weight excluding hydrogens is 187 g/mol. The van der Waals surface area contributed by atoms with Gasteiger partial charge >= 0.3 is 0 Å². The predicted octanol–water partition coefficient (Wildman–Crippen LogP) is -3.08. The molecule has 0 saturated carbocycles. The number of hydrogen-bond donors (Lipinski definition) is 5. The highest BCUT2D eigenvalue weighted by Gasteiger charge is 2.33. The SMILES string of the molecule is O=C([C@H](O)CO)[C@@H](O)[C@H](O)C(O)F. The molecule has 0 heterocycles. The zero-order valence-electron chi connectivity index (χ0n) is 6.54. The third-order valence-electron chi connectivity index (χ3n) is 1.40. The van der Waals surface area contributed by atoms with E-state index in [4.69, 9.17) is 25.5 Å². The third-order valence-corrected chi connectivity index (χ3v) is 1.40. The van der Waals surface area contributed by atoms with Gasteiger partial charge in [0.2, 0.25) is 6.36 Å². The summed E-state index contributed by atoms with van der Waals surface area (Å²) in [6.45, 7) is -0.953. The number of rotatable bonds is 5.